The summed E-state index contributed by atoms with van der Waals surface area (Å²) in [5.41, 5.74) is 0. The van der Waals surface area contributed by atoms with Crippen LogP contribution >= 0.6 is 0 Å². The van der Waals surface area contributed by atoms with E-state index < -0.39 is 11.9 Å². The fraction of sp³-hybridized carbons (Fsp3) is 0.714. The number of aliphatic hydroxyl groups is 1. The lowest BCUT2D eigenvalue weighted by Gasteiger charge is -2.20. The molecule has 1 aromatic heterocycles. The van der Waals surface area contributed by atoms with Gasteiger partial charge in [0.15, 0.2) is 11.6 Å². The average Bonchev–Trinajstić information content (AvgIpc) is 2.46. The van der Waals surface area contributed by atoms with Crippen LogP contribution in [0.3, 0.4) is 0 Å². The van der Waals surface area contributed by atoms with E-state index in [2.05, 4.69) is 20.6 Å². The van der Waals surface area contributed by atoms with E-state index in [-0.39, 0.29) is 18.3 Å². The fourth-order valence-corrected chi connectivity index (χ4v) is 2.01. The third kappa shape index (κ3) is 4.92. The van der Waals surface area contributed by atoms with Crippen molar-refractivity contribution in [3.05, 3.63) is 12.0 Å². The minimum absolute atomic E-state index is 0.128. The summed E-state index contributed by atoms with van der Waals surface area (Å²) in [5.74, 6) is 0.227. The topological polar surface area (TPSA) is 70.1 Å². The largest absolute Gasteiger partial charge is 0.391 e. The lowest BCUT2D eigenvalue weighted by Crippen LogP contribution is -2.28. The van der Waals surface area contributed by atoms with Crippen molar-refractivity contribution in [3.63, 3.8) is 0 Å². The number of aromatic nitrogens is 2. The molecule has 0 aromatic carbocycles. The lowest BCUT2D eigenvalue weighted by molar-refractivity contribution is 0.114. The number of hydrogen-bond donors (Lipinski definition) is 3. The summed E-state index contributed by atoms with van der Waals surface area (Å²) >= 11 is 0. The van der Waals surface area contributed by atoms with Gasteiger partial charge >= 0.3 is 0 Å². The van der Waals surface area contributed by atoms with Crippen LogP contribution in [-0.2, 0) is 0 Å². The third-order valence-electron chi connectivity index (χ3n) is 3.35. The lowest BCUT2D eigenvalue weighted by atomic mass is 9.97. The monoisotopic (exact) mass is 284 g/mol. The summed E-state index contributed by atoms with van der Waals surface area (Å²) in [6.45, 7) is 7.13. The van der Waals surface area contributed by atoms with Gasteiger partial charge in [0.25, 0.3) is 0 Å². The van der Waals surface area contributed by atoms with E-state index in [9.17, 15) is 9.50 Å². The first kappa shape index (κ1) is 16.6. The highest BCUT2D eigenvalue weighted by Gasteiger charge is 2.16. The summed E-state index contributed by atoms with van der Waals surface area (Å²) in [6.07, 6.45) is 3.36. The van der Waals surface area contributed by atoms with Gasteiger partial charge in [-0.25, -0.2) is 9.37 Å². The van der Waals surface area contributed by atoms with E-state index in [0.29, 0.717) is 5.95 Å². The zero-order valence-electron chi connectivity index (χ0n) is 12.5. The molecule has 20 heavy (non-hydrogen) atoms. The summed E-state index contributed by atoms with van der Waals surface area (Å²) in [4.78, 5) is 7.94. The molecule has 0 bridgehead atoms. The van der Waals surface area contributed by atoms with Gasteiger partial charge in [0.1, 0.15) is 0 Å². The van der Waals surface area contributed by atoms with E-state index in [1.165, 1.54) is 0 Å². The van der Waals surface area contributed by atoms with Crippen LogP contribution in [0.15, 0.2) is 6.20 Å². The second-order valence-corrected chi connectivity index (χ2v) is 4.84. The Labute approximate surface area is 120 Å². The van der Waals surface area contributed by atoms with Gasteiger partial charge in [-0.3, -0.25) is 0 Å². The summed E-state index contributed by atoms with van der Waals surface area (Å²) in [6, 6.07) is 0. The van der Waals surface area contributed by atoms with E-state index in [1.54, 1.807) is 0 Å². The van der Waals surface area contributed by atoms with Gasteiger partial charge in [-0.05, 0) is 12.3 Å². The minimum atomic E-state index is -0.510. The number of halogens is 1. The van der Waals surface area contributed by atoms with Gasteiger partial charge in [-0.2, -0.15) is 4.98 Å². The number of hydrogen-bond acceptors (Lipinski definition) is 5. The van der Waals surface area contributed by atoms with Crippen LogP contribution in [0.2, 0.25) is 0 Å². The Morgan fingerprint density at radius 3 is 2.55 bits per heavy atom. The Morgan fingerprint density at radius 2 is 1.95 bits per heavy atom. The number of nitrogens with one attached hydrogen (secondary N) is 2. The van der Waals surface area contributed by atoms with Crippen LogP contribution in [-0.4, -0.2) is 34.3 Å². The van der Waals surface area contributed by atoms with Crippen molar-refractivity contribution >= 4 is 11.8 Å². The SMILES string of the molecule is CCCNc1ncc(F)c(NCC(O)C(CC)CC)n1. The van der Waals surface area contributed by atoms with Gasteiger partial charge in [-0.15, -0.1) is 0 Å². The Morgan fingerprint density at radius 1 is 1.25 bits per heavy atom. The molecule has 0 spiro atoms. The molecule has 0 aliphatic heterocycles. The first-order chi connectivity index (χ1) is 9.62. The molecule has 3 N–H and O–H groups in total. The zero-order valence-corrected chi connectivity index (χ0v) is 12.5. The maximum absolute atomic E-state index is 13.6. The maximum atomic E-state index is 13.6. The zero-order chi connectivity index (χ0) is 15.0. The molecule has 1 unspecified atom stereocenters. The normalized spacial score (nSPS) is 12.5. The second kappa shape index (κ2) is 8.68. The van der Waals surface area contributed by atoms with Crippen molar-refractivity contribution in [2.45, 2.75) is 46.1 Å². The standard InChI is InChI=1S/C14H25FN4O/c1-4-7-16-14-18-8-11(15)13(19-14)17-9-12(20)10(5-2)6-3/h8,10,12,20H,4-7,9H2,1-3H3,(H2,16,17,18,19). The molecular formula is C14H25FN4O. The predicted octanol–water partition coefficient (Wildman–Crippen LogP) is 2.65. The van der Waals surface area contributed by atoms with Crippen molar-refractivity contribution in [3.8, 4) is 0 Å². The molecule has 1 atom stereocenters. The van der Waals surface area contributed by atoms with Crippen LogP contribution in [0, 0.1) is 11.7 Å². The van der Waals surface area contributed by atoms with Crippen molar-refractivity contribution in [2.75, 3.05) is 23.7 Å². The van der Waals surface area contributed by atoms with E-state index in [0.717, 1.165) is 32.0 Å². The Kier molecular flexibility index (Phi) is 7.22. The molecule has 0 aliphatic rings. The van der Waals surface area contributed by atoms with Crippen molar-refractivity contribution < 1.29 is 9.50 Å². The van der Waals surface area contributed by atoms with Crippen LogP contribution < -0.4 is 10.6 Å². The van der Waals surface area contributed by atoms with Crippen molar-refractivity contribution in [2.24, 2.45) is 5.92 Å². The number of anilines is 2. The molecule has 1 heterocycles. The highest BCUT2D eigenvalue weighted by Crippen LogP contribution is 2.16. The molecule has 0 amide bonds. The predicted molar refractivity (Wildman–Crippen MR) is 79.3 cm³/mol. The number of nitrogens with zero attached hydrogens (tertiary/aromatic N) is 2. The molecule has 1 rings (SSSR count). The molecule has 114 valence electrons. The molecule has 1 aromatic rings. The number of aliphatic hydroxyl groups excluding tert-OH is 1. The number of rotatable bonds is 9. The summed E-state index contributed by atoms with van der Waals surface area (Å²) in [5, 5.41) is 15.9. The summed E-state index contributed by atoms with van der Waals surface area (Å²) < 4.78 is 13.6. The average molecular weight is 284 g/mol. The summed E-state index contributed by atoms with van der Waals surface area (Å²) in [7, 11) is 0. The minimum Gasteiger partial charge on any atom is -0.391 e. The highest BCUT2D eigenvalue weighted by molar-refractivity contribution is 5.41. The van der Waals surface area contributed by atoms with Crippen LogP contribution in [0.4, 0.5) is 16.2 Å². The third-order valence-corrected chi connectivity index (χ3v) is 3.35. The van der Waals surface area contributed by atoms with Gasteiger partial charge in [0.05, 0.1) is 12.3 Å². The quantitative estimate of drug-likeness (QED) is 0.650. The molecule has 5 nitrogen and oxygen atoms in total. The molecule has 0 saturated heterocycles. The Balaban J connectivity index is 2.62. The van der Waals surface area contributed by atoms with Gasteiger partial charge in [0, 0.05) is 13.1 Å². The molecular weight excluding hydrogens is 259 g/mol. The molecule has 6 heteroatoms. The Hall–Kier alpha value is -1.43. The van der Waals surface area contributed by atoms with Crippen LogP contribution in [0.25, 0.3) is 0 Å². The second-order valence-electron chi connectivity index (χ2n) is 4.84. The fourth-order valence-electron chi connectivity index (χ4n) is 2.01. The first-order valence-corrected chi connectivity index (χ1v) is 7.30. The van der Waals surface area contributed by atoms with E-state index in [4.69, 9.17) is 0 Å². The smallest absolute Gasteiger partial charge is 0.224 e. The van der Waals surface area contributed by atoms with Gasteiger partial charge < -0.3 is 15.7 Å². The molecule has 0 saturated carbocycles. The van der Waals surface area contributed by atoms with Gasteiger partial charge in [0.2, 0.25) is 5.95 Å². The first-order valence-electron chi connectivity index (χ1n) is 7.30. The van der Waals surface area contributed by atoms with Crippen molar-refractivity contribution in [1.82, 2.24) is 9.97 Å². The molecule has 0 aliphatic carbocycles. The Bertz CT molecular complexity index is 399. The van der Waals surface area contributed by atoms with E-state index in [1.807, 2.05) is 20.8 Å². The van der Waals surface area contributed by atoms with Crippen LogP contribution in [0.1, 0.15) is 40.0 Å². The van der Waals surface area contributed by atoms with E-state index >= 15 is 0 Å². The highest BCUT2D eigenvalue weighted by atomic mass is 19.1. The van der Waals surface area contributed by atoms with Crippen molar-refractivity contribution in [1.29, 1.82) is 0 Å². The maximum Gasteiger partial charge on any atom is 0.224 e. The molecule has 0 fully saturated rings. The van der Waals surface area contributed by atoms with Crippen LogP contribution in [0.5, 0.6) is 0 Å². The van der Waals surface area contributed by atoms with Gasteiger partial charge in [-0.1, -0.05) is 33.6 Å². The molecule has 0 radical (unpaired) electrons.